The maximum atomic E-state index is 13.0. The minimum Gasteiger partial charge on any atom is -0.489 e. The molecule has 8 nitrogen and oxygen atoms in total. The second-order valence-electron chi connectivity index (χ2n) is 10.9. The number of benzene rings is 3. The van der Waals surface area contributed by atoms with Crippen LogP contribution in [0.5, 0.6) is 17.2 Å². The summed E-state index contributed by atoms with van der Waals surface area (Å²) in [4.78, 5) is 27.0. The Kier molecular flexibility index (Phi) is 8.25. The number of nitrogens with zero attached hydrogens (tertiary/aromatic N) is 1. The van der Waals surface area contributed by atoms with Gasteiger partial charge in [0.05, 0.1) is 23.7 Å². The van der Waals surface area contributed by atoms with E-state index in [1.165, 1.54) is 12.0 Å². The average molecular weight is 600 g/mol. The van der Waals surface area contributed by atoms with E-state index >= 15 is 0 Å². The smallest absolute Gasteiger partial charge is 0.411 e. The van der Waals surface area contributed by atoms with Crippen LogP contribution in [0.15, 0.2) is 54.6 Å². The first kappa shape index (κ1) is 28.9. The van der Waals surface area contributed by atoms with Gasteiger partial charge in [0.1, 0.15) is 30.6 Å². The first-order valence-electron chi connectivity index (χ1n) is 13.2. The summed E-state index contributed by atoms with van der Waals surface area (Å²) in [6.45, 7) is 6.20. The first-order chi connectivity index (χ1) is 19.5. The van der Waals surface area contributed by atoms with Crippen molar-refractivity contribution in [3.05, 3.63) is 86.9 Å². The van der Waals surface area contributed by atoms with E-state index in [2.05, 4.69) is 0 Å². The van der Waals surface area contributed by atoms with Gasteiger partial charge in [0.25, 0.3) is 0 Å². The highest BCUT2D eigenvalue weighted by atomic mass is 35.5. The molecule has 2 unspecified atom stereocenters. The summed E-state index contributed by atoms with van der Waals surface area (Å²) in [6.07, 6.45) is -0.629. The Hall–Kier alpha value is -3.62. The van der Waals surface area contributed by atoms with E-state index in [0.29, 0.717) is 40.5 Å². The van der Waals surface area contributed by atoms with E-state index in [1.807, 2.05) is 42.5 Å². The largest absolute Gasteiger partial charge is 0.489 e. The SMILES string of the molecule is COC(=O)C1Cc2cc3c(cc2CN1C(=O)OC(C)(C)C)OC(c1ccc(OCc2ccc(Cl)c(Cl)c2)cc1)CO3. The Labute approximate surface area is 249 Å². The van der Waals surface area contributed by atoms with Crippen molar-refractivity contribution < 1.29 is 33.3 Å². The Morgan fingerprint density at radius 1 is 0.976 bits per heavy atom. The molecule has 2 aliphatic heterocycles. The molecule has 41 heavy (non-hydrogen) atoms. The van der Waals surface area contributed by atoms with Crippen molar-refractivity contribution in [2.24, 2.45) is 0 Å². The maximum absolute atomic E-state index is 13.0. The fourth-order valence-corrected chi connectivity index (χ4v) is 5.07. The van der Waals surface area contributed by atoms with E-state index in [4.69, 9.17) is 46.9 Å². The molecule has 0 N–H and O–H groups in total. The lowest BCUT2D eigenvalue weighted by atomic mass is 9.93. The Morgan fingerprint density at radius 2 is 1.71 bits per heavy atom. The highest BCUT2D eigenvalue weighted by Crippen LogP contribution is 2.41. The molecule has 0 bridgehead atoms. The van der Waals surface area contributed by atoms with Crippen molar-refractivity contribution >= 4 is 35.3 Å². The van der Waals surface area contributed by atoms with Crippen molar-refractivity contribution in [3.8, 4) is 17.2 Å². The van der Waals surface area contributed by atoms with Gasteiger partial charge in [-0.05, 0) is 79.4 Å². The predicted octanol–water partition coefficient (Wildman–Crippen LogP) is 6.92. The molecule has 0 aromatic heterocycles. The van der Waals surface area contributed by atoms with Crippen LogP contribution >= 0.6 is 23.2 Å². The number of halogens is 2. The van der Waals surface area contributed by atoms with Gasteiger partial charge in [-0.3, -0.25) is 4.90 Å². The molecule has 0 saturated carbocycles. The van der Waals surface area contributed by atoms with Gasteiger partial charge >= 0.3 is 12.1 Å². The van der Waals surface area contributed by atoms with Gasteiger partial charge in [-0.15, -0.1) is 0 Å². The summed E-state index contributed by atoms with van der Waals surface area (Å²) in [5, 5.41) is 0.988. The number of carbonyl (C=O) groups is 2. The zero-order chi connectivity index (χ0) is 29.3. The van der Waals surface area contributed by atoms with E-state index in [1.54, 1.807) is 32.9 Å². The third kappa shape index (κ3) is 6.66. The topological polar surface area (TPSA) is 83.5 Å². The molecular weight excluding hydrogens is 569 g/mol. The molecule has 216 valence electrons. The summed E-state index contributed by atoms with van der Waals surface area (Å²) < 4.78 is 28.8. The minimum absolute atomic E-state index is 0.177. The van der Waals surface area contributed by atoms with Crippen LogP contribution in [0.4, 0.5) is 4.79 Å². The molecule has 2 atom stereocenters. The van der Waals surface area contributed by atoms with Crippen LogP contribution in [0.2, 0.25) is 10.0 Å². The molecule has 0 fully saturated rings. The number of amides is 1. The van der Waals surface area contributed by atoms with Crippen molar-refractivity contribution in [3.63, 3.8) is 0 Å². The van der Waals surface area contributed by atoms with Crippen LogP contribution in [0, 0.1) is 0 Å². The van der Waals surface area contributed by atoms with Gasteiger partial charge < -0.3 is 23.7 Å². The first-order valence-corrected chi connectivity index (χ1v) is 14.0. The molecule has 0 spiro atoms. The van der Waals surface area contributed by atoms with E-state index < -0.39 is 23.7 Å². The fourth-order valence-electron chi connectivity index (χ4n) is 4.75. The number of carbonyl (C=O) groups excluding carboxylic acids is 2. The van der Waals surface area contributed by atoms with Crippen molar-refractivity contribution in [1.29, 1.82) is 0 Å². The van der Waals surface area contributed by atoms with Crippen LogP contribution in [-0.2, 0) is 33.8 Å². The van der Waals surface area contributed by atoms with Gasteiger partial charge in [-0.25, -0.2) is 9.59 Å². The third-order valence-electron chi connectivity index (χ3n) is 6.80. The zero-order valence-electron chi connectivity index (χ0n) is 23.2. The molecule has 2 aliphatic rings. The maximum Gasteiger partial charge on any atom is 0.411 e. The summed E-state index contributed by atoms with van der Waals surface area (Å²) in [5.74, 6) is 1.37. The molecule has 0 radical (unpaired) electrons. The lowest BCUT2D eigenvalue weighted by Crippen LogP contribution is -2.50. The molecule has 3 aromatic carbocycles. The van der Waals surface area contributed by atoms with Crippen molar-refractivity contribution in [2.45, 2.75) is 58.1 Å². The van der Waals surface area contributed by atoms with Gasteiger partial charge in [-0.1, -0.05) is 41.4 Å². The Balaban J connectivity index is 1.29. The Bertz CT molecular complexity index is 1450. The monoisotopic (exact) mass is 599 g/mol. The highest BCUT2D eigenvalue weighted by molar-refractivity contribution is 6.42. The van der Waals surface area contributed by atoms with Crippen LogP contribution in [0.3, 0.4) is 0 Å². The van der Waals surface area contributed by atoms with Crippen molar-refractivity contribution in [2.75, 3.05) is 13.7 Å². The predicted molar refractivity (Wildman–Crippen MR) is 154 cm³/mol. The van der Waals surface area contributed by atoms with E-state index in [9.17, 15) is 9.59 Å². The summed E-state index contributed by atoms with van der Waals surface area (Å²) in [5.41, 5.74) is 2.88. The van der Waals surface area contributed by atoms with Gasteiger partial charge in [-0.2, -0.15) is 0 Å². The normalized spacial score (nSPS) is 17.9. The van der Waals surface area contributed by atoms with Gasteiger partial charge in [0.2, 0.25) is 0 Å². The summed E-state index contributed by atoms with van der Waals surface area (Å²) in [7, 11) is 1.31. The van der Waals surface area contributed by atoms with Crippen LogP contribution in [-0.4, -0.2) is 42.3 Å². The minimum atomic E-state index is -0.796. The van der Waals surface area contributed by atoms with Crippen LogP contribution < -0.4 is 14.2 Å². The number of hydrogen-bond donors (Lipinski definition) is 0. The molecule has 0 saturated heterocycles. The molecule has 2 heterocycles. The fraction of sp³-hybridized carbons (Fsp3) is 0.355. The lowest BCUT2D eigenvalue weighted by molar-refractivity contribution is -0.147. The molecule has 1 amide bonds. The third-order valence-corrected chi connectivity index (χ3v) is 7.54. The molecule has 10 heteroatoms. The number of rotatable bonds is 5. The van der Waals surface area contributed by atoms with Crippen molar-refractivity contribution in [1.82, 2.24) is 4.90 Å². The quantitative estimate of drug-likeness (QED) is 0.294. The molecule has 3 aromatic rings. The summed E-state index contributed by atoms with van der Waals surface area (Å²) >= 11 is 12.1. The Morgan fingerprint density at radius 3 is 2.39 bits per heavy atom. The van der Waals surface area contributed by atoms with Crippen LogP contribution in [0.25, 0.3) is 0 Å². The van der Waals surface area contributed by atoms with Crippen LogP contribution in [0.1, 0.15) is 49.1 Å². The molecule has 0 aliphatic carbocycles. The molecular formula is C31H31Cl2NO7. The lowest BCUT2D eigenvalue weighted by Gasteiger charge is -2.37. The second-order valence-corrected chi connectivity index (χ2v) is 11.8. The number of esters is 1. The second kappa shape index (κ2) is 11.7. The van der Waals surface area contributed by atoms with Gasteiger partial charge in [0.15, 0.2) is 17.6 Å². The summed E-state index contributed by atoms with van der Waals surface area (Å²) in [6, 6.07) is 16.0. The number of fused-ring (bicyclic) bond motifs is 2. The standard InChI is InChI=1S/C31H31Cl2NO7/c1-31(2,3)41-30(36)34-15-21-14-27-26(13-20(21)12-25(34)29(35)37-4)39-17-28(40-27)19-6-8-22(9-7-19)38-16-18-5-10-23(32)24(33)11-18/h5-11,13-14,25,28H,12,15-17H2,1-4H3. The molecule has 5 rings (SSSR count). The van der Waals surface area contributed by atoms with E-state index in [0.717, 1.165) is 22.3 Å². The van der Waals surface area contributed by atoms with E-state index in [-0.39, 0.29) is 19.1 Å². The van der Waals surface area contributed by atoms with Gasteiger partial charge in [0, 0.05) is 6.42 Å². The highest BCUT2D eigenvalue weighted by Gasteiger charge is 2.39. The average Bonchev–Trinajstić information content (AvgIpc) is 2.94. The number of methoxy groups -OCH3 is 1. The zero-order valence-corrected chi connectivity index (χ0v) is 24.8. The number of ether oxygens (including phenoxy) is 5. The number of hydrogen-bond acceptors (Lipinski definition) is 7.